The molecular weight excluding hydrogens is 873 g/mol. The zero-order valence-corrected chi connectivity index (χ0v) is 37.7. The maximum atomic E-state index is 13.7. The Morgan fingerprint density at radius 2 is 0.967 bits per heavy atom. The lowest BCUT2D eigenvalue weighted by Gasteiger charge is -2.26. The number of carbonyl (C=O) groups excluding carboxylic acids is 10. The molecule has 8 amide bonds. The molecule has 2 fully saturated rings. The first-order valence-electron chi connectivity index (χ1n) is 18.3. The fourth-order valence-electron chi connectivity index (χ4n) is 4.68. The summed E-state index contributed by atoms with van der Waals surface area (Å²) in [6.45, 7) is 6.51. The minimum atomic E-state index is -1.59. The van der Waals surface area contributed by atoms with Crippen LogP contribution in [0.5, 0.6) is 0 Å². The van der Waals surface area contributed by atoms with Crippen molar-refractivity contribution in [2.24, 2.45) is 0 Å². The minimum absolute atomic E-state index is 0.0232. The molecule has 0 saturated carbocycles. The van der Waals surface area contributed by atoms with Crippen molar-refractivity contribution in [2.45, 2.75) is 89.0 Å². The number of hydrogen-bond acceptors (Lipinski definition) is 18. The summed E-state index contributed by atoms with van der Waals surface area (Å²) in [5, 5.41) is 19.3. The normalized spacial score (nSPS) is 25.2. The summed E-state index contributed by atoms with van der Waals surface area (Å²) in [6, 6.07) is -8.56. The molecule has 2 rings (SSSR count). The molecule has 0 unspecified atom stereocenters. The van der Waals surface area contributed by atoms with Crippen molar-refractivity contribution in [3.8, 4) is 0 Å². The Morgan fingerprint density at radius 1 is 0.617 bits per heavy atom. The first kappa shape index (κ1) is 51.8. The number of alkyl carbamates (subject to hydrolysis) is 2. The summed E-state index contributed by atoms with van der Waals surface area (Å²) >= 11 is 2.32. The van der Waals surface area contributed by atoms with E-state index in [9.17, 15) is 47.9 Å². The van der Waals surface area contributed by atoms with Crippen molar-refractivity contribution >= 4 is 105 Å². The van der Waals surface area contributed by atoms with Gasteiger partial charge in [-0.1, -0.05) is 21.6 Å². The van der Waals surface area contributed by atoms with E-state index in [1.54, 1.807) is 54.1 Å². The zero-order chi connectivity index (χ0) is 45.2. The predicted molar refractivity (Wildman–Crippen MR) is 224 cm³/mol. The summed E-state index contributed by atoms with van der Waals surface area (Å²) in [6.07, 6.45) is 1.19. The molecule has 26 heteroatoms. The topological polar surface area (TPSA) is 304 Å². The molecule has 60 heavy (non-hydrogen) atoms. The number of fused-ring (bicyclic) bond motifs is 5. The summed E-state index contributed by atoms with van der Waals surface area (Å²) in [5.41, 5.74) is -1.96. The number of ether oxygens (including phenoxy) is 4. The van der Waals surface area contributed by atoms with Crippen LogP contribution in [0.3, 0.4) is 0 Å². The van der Waals surface area contributed by atoms with Crippen LogP contribution in [0.4, 0.5) is 9.59 Å². The third kappa shape index (κ3) is 19.8. The van der Waals surface area contributed by atoms with E-state index in [1.165, 1.54) is 0 Å². The van der Waals surface area contributed by atoms with Crippen molar-refractivity contribution < 1.29 is 66.9 Å². The van der Waals surface area contributed by atoms with Gasteiger partial charge >= 0.3 is 24.1 Å². The number of thioether (sulfide) groups is 2. The van der Waals surface area contributed by atoms with Crippen molar-refractivity contribution in [2.75, 3.05) is 61.8 Å². The van der Waals surface area contributed by atoms with Gasteiger partial charge in [-0.05, 0) is 54.1 Å². The van der Waals surface area contributed by atoms with Crippen molar-refractivity contribution in [1.29, 1.82) is 0 Å². The van der Waals surface area contributed by atoms with Gasteiger partial charge in [-0.25, -0.2) is 19.2 Å². The first-order chi connectivity index (χ1) is 28.0. The van der Waals surface area contributed by atoms with Gasteiger partial charge in [0.25, 0.3) is 0 Å². The minimum Gasteiger partial charge on any atom is -0.461 e. The van der Waals surface area contributed by atoms with Crippen molar-refractivity contribution in [1.82, 2.24) is 42.5 Å². The highest BCUT2D eigenvalue weighted by atomic mass is 33.1. The van der Waals surface area contributed by atoms with Gasteiger partial charge in [-0.2, -0.15) is 23.5 Å². The largest absolute Gasteiger partial charge is 0.461 e. The number of amides is 8. The molecule has 0 aromatic rings. The average molecular weight is 927 g/mol. The molecule has 2 bridgehead atoms. The van der Waals surface area contributed by atoms with Crippen molar-refractivity contribution in [3.05, 3.63) is 0 Å². The Labute approximate surface area is 363 Å². The number of cyclic esters (lactones) is 2. The number of nitrogens with one attached hydrogen (secondary N) is 8. The van der Waals surface area contributed by atoms with E-state index in [1.807, 2.05) is 0 Å². The quantitative estimate of drug-likeness (QED) is 0.0825. The lowest BCUT2D eigenvalue weighted by atomic mass is 10.2. The molecule has 0 radical (unpaired) electrons. The van der Waals surface area contributed by atoms with Gasteiger partial charge in [-0.3, -0.25) is 28.8 Å². The van der Waals surface area contributed by atoms with Gasteiger partial charge in [-0.15, -0.1) is 0 Å². The number of hydrogen-bond donors (Lipinski definition) is 8. The average Bonchev–Trinajstić information content (AvgIpc) is 3.13. The zero-order valence-electron chi connectivity index (χ0n) is 34.5. The van der Waals surface area contributed by atoms with Crippen LogP contribution in [0.15, 0.2) is 0 Å². The molecular formula is C34H54N8O14S4. The smallest absolute Gasteiger partial charge is 0.408 e. The summed E-state index contributed by atoms with van der Waals surface area (Å²) in [5.74, 6) is -7.78. The van der Waals surface area contributed by atoms with E-state index in [-0.39, 0.29) is 23.0 Å². The second-order valence-electron chi connectivity index (χ2n) is 14.9. The molecule has 2 saturated heterocycles. The molecule has 6 atom stereocenters. The maximum Gasteiger partial charge on any atom is 0.408 e. The standard InChI is InChI=1S/C34H54N8O14S4/c1-33(2,3)55-31(51)41-17-11-53-29(49)21(13-57-7)39-27(47)20-16-60-59-15-19(37-23(43)9-35-25(17)45)28(48)40-22(14-58-8)30(50)54-12-18(26(46)36-10-24(44)38-20)42-32(52)56-34(4,5)6/h17-22H,9-16H2,1-8H3,(H,35,45)(H,36,46)(H,37,43)(H,38,44)(H,39,47)(H,40,48)(H,41,51)(H,42,52)/t17-,18-,19+,20+,21+,22+/m1/s1. The van der Waals surface area contributed by atoms with Crippen LogP contribution in [-0.2, 0) is 57.3 Å². The van der Waals surface area contributed by atoms with Crippen LogP contribution in [0.25, 0.3) is 0 Å². The van der Waals surface area contributed by atoms with Crippen LogP contribution < -0.4 is 42.5 Å². The highest BCUT2D eigenvalue weighted by Gasteiger charge is 2.34. The van der Waals surface area contributed by atoms with Crippen LogP contribution in [0.2, 0.25) is 0 Å². The summed E-state index contributed by atoms with van der Waals surface area (Å²) < 4.78 is 21.2. The molecule has 338 valence electrons. The lowest BCUT2D eigenvalue weighted by molar-refractivity contribution is -0.150. The molecule has 2 heterocycles. The summed E-state index contributed by atoms with van der Waals surface area (Å²) in [4.78, 5) is 132. The van der Waals surface area contributed by atoms with Gasteiger partial charge in [0.05, 0.1) is 13.1 Å². The Bertz CT molecular complexity index is 1480. The highest BCUT2D eigenvalue weighted by Crippen LogP contribution is 2.24. The third-order valence-corrected chi connectivity index (χ3v) is 11.1. The van der Waals surface area contributed by atoms with Gasteiger partial charge < -0.3 is 61.5 Å². The van der Waals surface area contributed by atoms with Crippen LogP contribution >= 0.6 is 45.1 Å². The van der Waals surface area contributed by atoms with Crippen molar-refractivity contribution in [3.63, 3.8) is 0 Å². The lowest BCUT2D eigenvalue weighted by Crippen LogP contribution is -2.58. The van der Waals surface area contributed by atoms with Gasteiger partial charge in [0.15, 0.2) is 0 Å². The fourth-order valence-corrected chi connectivity index (χ4v) is 8.12. The molecule has 8 N–H and O–H groups in total. The van der Waals surface area contributed by atoms with E-state index >= 15 is 0 Å². The second kappa shape index (κ2) is 24.8. The van der Waals surface area contributed by atoms with Crippen LogP contribution in [0.1, 0.15) is 41.5 Å². The molecule has 0 aliphatic carbocycles. The van der Waals surface area contributed by atoms with E-state index in [0.717, 1.165) is 45.1 Å². The molecule has 2 aliphatic rings. The van der Waals surface area contributed by atoms with Crippen LogP contribution in [-0.4, -0.2) is 169 Å². The molecule has 2 aliphatic heterocycles. The Balaban J connectivity index is 2.57. The van der Waals surface area contributed by atoms with Gasteiger partial charge in [0, 0.05) is 23.0 Å². The highest BCUT2D eigenvalue weighted by molar-refractivity contribution is 8.76. The number of esters is 2. The molecule has 0 spiro atoms. The predicted octanol–water partition coefficient (Wildman–Crippen LogP) is -1.83. The number of carbonyl (C=O) groups is 10. The first-order valence-corrected chi connectivity index (χ1v) is 23.6. The monoisotopic (exact) mass is 926 g/mol. The van der Waals surface area contributed by atoms with E-state index in [0.29, 0.717) is 0 Å². The van der Waals surface area contributed by atoms with E-state index in [2.05, 4.69) is 42.5 Å². The maximum absolute atomic E-state index is 13.7. The van der Waals surface area contributed by atoms with Crippen LogP contribution in [0, 0.1) is 0 Å². The van der Waals surface area contributed by atoms with E-state index in [4.69, 9.17) is 18.9 Å². The van der Waals surface area contributed by atoms with Gasteiger partial charge in [0.1, 0.15) is 60.7 Å². The third-order valence-electron chi connectivity index (χ3n) is 7.37. The molecule has 0 aromatic carbocycles. The summed E-state index contributed by atoms with van der Waals surface area (Å²) in [7, 11) is 2.01. The fraction of sp³-hybridized carbons (Fsp3) is 0.706. The van der Waals surface area contributed by atoms with E-state index < -0.39 is 133 Å². The van der Waals surface area contributed by atoms with Gasteiger partial charge in [0.2, 0.25) is 35.4 Å². The molecule has 22 nitrogen and oxygen atoms in total. The SMILES string of the molecule is CSC[C@@H]1NC(=O)[C@@H]2CSSC[C@H](NC(=O)CNC(=O)[C@H](NC(=O)OC(C)(C)C)COC1=O)C(=O)N[C@@H](CSC)C(=O)OC[C@@H](NC(=O)OC(C)(C)C)C(=O)NCC(=O)N2. The molecule has 0 aromatic heterocycles. The Kier molecular flexibility index (Phi) is 21.5. The number of rotatable bonds is 6. The Hall–Kier alpha value is -4.30. The second-order valence-corrected chi connectivity index (χ2v) is 19.3. The Morgan fingerprint density at radius 3 is 1.28 bits per heavy atom.